The molecule has 13 heavy (non-hydrogen) atoms. The SMILES string of the molecule is CCC(C)C(=N)c1ccccc1N. The fourth-order valence-electron chi connectivity index (χ4n) is 1.21. The average molecular weight is 176 g/mol. The van der Waals surface area contributed by atoms with Crippen molar-refractivity contribution in [2.24, 2.45) is 5.92 Å². The van der Waals surface area contributed by atoms with Gasteiger partial charge in [0.15, 0.2) is 0 Å². The molecule has 0 saturated carbocycles. The predicted octanol–water partition coefficient (Wildman–Crippen LogP) is 2.68. The number of hydrogen-bond acceptors (Lipinski definition) is 2. The van der Waals surface area contributed by atoms with Gasteiger partial charge in [-0.1, -0.05) is 32.0 Å². The van der Waals surface area contributed by atoms with Gasteiger partial charge in [0.05, 0.1) is 0 Å². The van der Waals surface area contributed by atoms with Gasteiger partial charge in [-0.25, -0.2) is 0 Å². The van der Waals surface area contributed by atoms with Crippen molar-refractivity contribution in [3.05, 3.63) is 29.8 Å². The first-order chi connectivity index (χ1) is 6.16. The van der Waals surface area contributed by atoms with Crippen LogP contribution in [0, 0.1) is 11.3 Å². The molecule has 1 rings (SSSR count). The smallest absolute Gasteiger partial charge is 0.0434 e. The third-order valence-corrected chi connectivity index (χ3v) is 2.36. The molecule has 0 aliphatic carbocycles. The molecule has 0 bridgehead atoms. The van der Waals surface area contributed by atoms with Crippen molar-refractivity contribution in [3.8, 4) is 0 Å². The lowest BCUT2D eigenvalue weighted by Gasteiger charge is -2.12. The maximum absolute atomic E-state index is 7.90. The van der Waals surface area contributed by atoms with Crippen LogP contribution in [0.1, 0.15) is 25.8 Å². The minimum Gasteiger partial charge on any atom is -0.398 e. The molecule has 1 atom stereocenters. The maximum Gasteiger partial charge on any atom is 0.0434 e. The van der Waals surface area contributed by atoms with Gasteiger partial charge in [0, 0.05) is 17.0 Å². The van der Waals surface area contributed by atoms with Crippen molar-refractivity contribution >= 4 is 11.4 Å². The molecule has 70 valence electrons. The van der Waals surface area contributed by atoms with Crippen LogP contribution in [0.4, 0.5) is 5.69 Å². The third kappa shape index (κ3) is 2.08. The fraction of sp³-hybridized carbons (Fsp3) is 0.364. The Bertz CT molecular complexity index is 305. The molecular formula is C11H16N2. The van der Waals surface area contributed by atoms with E-state index in [-0.39, 0.29) is 5.92 Å². The average Bonchev–Trinajstić information content (AvgIpc) is 2.16. The first kappa shape index (κ1) is 9.78. The first-order valence-corrected chi connectivity index (χ1v) is 4.60. The summed E-state index contributed by atoms with van der Waals surface area (Å²) in [5.74, 6) is 0.282. The fourth-order valence-corrected chi connectivity index (χ4v) is 1.21. The summed E-state index contributed by atoms with van der Waals surface area (Å²) in [4.78, 5) is 0. The van der Waals surface area contributed by atoms with Gasteiger partial charge in [-0.2, -0.15) is 0 Å². The molecule has 0 saturated heterocycles. The van der Waals surface area contributed by atoms with Crippen LogP contribution in [-0.4, -0.2) is 5.71 Å². The number of benzene rings is 1. The molecule has 0 fully saturated rings. The van der Waals surface area contributed by atoms with Gasteiger partial charge in [0.1, 0.15) is 0 Å². The van der Waals surface area contributed by atoms with Crippen molar-refractivity contribution in [3.63, 3.8) is 0 Å². The number of nitrogens with one attached hydrogen (secondary N) is 1. The summed E-state index contributed by atoms with van der Waals surface area (Å²) < 4.78 is 0. The predicted molar refractivity (Wildman–Crippen MR) is 57.1 cm³/mol. The van der Waals surface area contributed by atoms with E-state index in [1.807, 2.05) is 24.3 Å². The Morgan fingerprint density at radius 3 is 2.62 bits per heavy atom. The van der Waals surface area contributed by atoms with Crippen molar-refractivity contribution in [1.82, 2.24) is 0 Å². The molecule has 1 aromatic rings. The number of nitrogens with two attached hydrogens (primary N) is 1. The van der Waals surface area contributed by atoms with Crippen molar-refractivity contribution in [1.29, 1.82) is 5.41 Å². The summed E-state index contributed by atoms with van der Waals surface area (Å²) in [5, 5.41) is 7.90. The van der Waals surface area contributed by atoms with E-state index >= 15 is 0 Å². The van der Waals surface area contributed by atoms with Gasteiger partial charge >= 0.3 is 0 Å². The van der Waals surface area contributed by atoms with Crippen LogP contribution in [0.2, 0.25) is 0 Å². The van der Waals surface area contributed by atoms with E-state index in [0.29, 0.717) is 11.4 Å². The van der Waals surface area contributed by atoms with Gasteiger partial charge in [-0.05, 0) is 18.4 Å². The Balaban J connectivity index is 2.95. The molecule has 0 aromatic heterocycles. The molecule has 2 nitrogen and oxygen atoms in total. The zero-order valence-corrected chi connectivity index (χ0v) is 8.17. The van der Waals surface area contributed by atoms with E-state index < -0.39 is 0 Å². The first-order valence-electron chi connectivity index (χ1n) is 4.60. The highest BCUT2D eigenvalue weighted by atomic mass is 14.6. The van der Waals surface area contributed by atoms with Crippen LogP contribution >= 0.6 is 0 Å². The second-order valence-corrected chi connectivity index (χ2v) is 3.31. The highest BCUT2D eigenvalue weighted by molar-refractivity contribution is 6.03. The van der Waals surface area contributed by atoms with Crippen LogP contribution < -0.4 is 5.73 Å². The Hall–Kier alpha value is -1.31. The highest BCUT2D eigenvalue weighted by Gasteiger charge is 2.10. The summed E-state index contributed by atoms with van der Waals surface area (Å²) in [6.45, 7) is 4.13. The number of rotatable bonds is 3. The summed E-state index contributed by atoms with van der Waals surface area (Å²) >= 11 is 0. The lowest BCUT2D eigenvalue weighted by molar-refractivity contribution is 0.736. The maximum atomic E-state index is 7.90. The number of anilines is 1. The number of hydrogen-bond donors (Lipinski definition) is 2. The Morgan fingerprint density at radius 1 is 1.46 bits per heavy atom. The zero-order chi connectivity index (χ0) is 9.84. The second kappa shape index (κ2) is 4.08. The topological polar surface area (TPSA) is 49.9 Å². The van der Waals surface area contributed by atoms with Gasteiger partial charge in [-0.15, -0.1) is 0 Å². The largest absolute Gasteiger partial charge is 0.398 e. The van der Waals surface area contributed by atoms with E-state index in [2.05, 4.69) is 13.8 Å². The summed E-state index contributed by atoms with van der Waals surface area (Å²) in [6.07, 6.45) is 0.979. The molecule has 0 aliphatic heterocycles. The number of nitrogen functional groups attached to an aromatic ring is 1. The standard InChI is InChI=1S/C11H16N2/c1-3-8(2)11(13)9-6-4-5-7-10(9)12/h4-8,13H,3,12H2,1-2H3. The van der Waals surface area contributed by atoms with Crippen molar-refractivity contribution < 1.29 is 0 Å². The van der Waals surface area contributed by atoms with Crippen molar-refractivity contribution in [2.45, 2.75) is 20.3 Å². The summed E-state index contributed by atoms with van der Waals surface area (Å²) in [7, 11) is 0. The minimum atomic E-state index is 0.282. The molecule has 0 aliphatic rings. The Kier molecular flexibility index (Phi) is 3.07. The second-order valence-electron chi connectivity index (χ2n) is 3.31. The third-order valence-electron chi connectivity index (χ3n) is 2.36. The quantitative estimate of drug-likeness (QED) is 0.540. The normalized spacial score (nSPS) is 12.5. The molecule has 0 amide bonds. The molecular weight excluding hydrogens is 160 g/mol. The van der Waals surface area contributed by atoms with E-state index in [0.717, 1.165) is 12.0 Å². The van der Waals surface area contributed by atoms with Gasteiger partial charge < -0.3 is 11.1 Å². The van der Waals surface area contributed by atoms with Crippen molar-refractivity contribution in [2.75, 3.05) is 5.73 Å². The highest BCUT2D eigenvalue weighted by Crippen LogP contribution is 2.17. The molecule has 1 unspecified atom stereocenters. The molecule has 2 heteroatoms. The molecule has 1 aromatic carbocycles. The van der Waals surface area contributed by atoms with Crippen LogP contribution in [0.25, 0.3) is 0 Å². The lowest BCUT2D eigenvalue weighted by Crippen LogP contribution is -2.12. The molecule has 0 spiro atoms. The van der Waals surface area contributed by atoms with E-state index in [4.69, 9.17) is 11.1 Å². The van der Waals surface area contributed by atoms with Gasteiger partial charge in [-0.3, -0.25) is 0 Å². The van der Waals surface area contributed by atoms with Gasteiger partial charge in [0.2, 0.25) is 0 Å². The monoisotopic (exact) mass is 176 g/mol. The molecule has 0 heterocycles. The van der Waals surface area contributed by atoms with Gasteiger partial charge in [0.25, 0.3) is 0 Å². The van der Waals surface area contributed by atoms with E-state index in [9.17, 15) is 0 Å². The Morgan fingerprint density at radius 2 is 2.08 bits per heavy atom. The van der Waals surface area contributed by atoms with Crippen LogP contribution in [0.5, 0.6) is 0 Å². The lowest BCUT2D eigenvalue weighted by atomic mass is 9.95. The zero-order valence-electron chi connectivity index (χ0n) is 8.17. The number of para-hydroxylation sites is 1. The van der Waals surface area contributed by atoms with Crippen LogP contribution in [0.3, 0.4) is 0 Å². The van der Waals surface area contributed by atoms with E-state index in [1.54, 1.807) is 0 Å². The minimum absolute atomic E-state index is 0.282. The Labute approximate surface area is 79.3 Å². The molecule has 3 N–H and O–H groups in total. The van der Waals surface area contributed by atoms with Crippen LogP contribution in [-0.2, 0) is 0 Å². The molecule has 0 radical (unpaired) electrons. The summed E-state index contributed by atoms with van der Waals surface area (Å²) in [6, 6.07) is 7.56. The van der Waals surface area contributed by atoms with Crippen LogP contribution in [0.15, 0.2) is 24.3 Å². The summed E-state index contributed by atoms with van der Waals surface area (Å²) in [5.41, 5.74) is 7.99. The van der Waals surface area contributed by atoms with E-state index in [1.165, 1.54) is 0 Å².